The van der Waals surface area contributed by atoms with Gasteiger partial charge in [0, 0.05) is 30.5 Å². The first-order valence-electron chi connectivity index (χ1n) is 10.7. The summed E-state index contributed by atoms with van der Waals surface area (Å²) in [4.78, 5) is 13.3. The molecule has 1 unspecified atom stereocenters. The van der Waals surface area contributed by atoms with Gasteiger partial charge in [0.15, 0.2) is 21.5 Å². The van der Waals surface area contributed by atoms with E-state index in [4.69, 9.17) is 0 Å². The van der Waals surface area contributed by atoms with E-state index in [1.165, 1.54) is 18.2 Å². The van der Waals surface area contributed by atoms with E-state index in [9.17, 15) is 30.4 Å². The summed E-state index contributed by atoms with van der Waals surface area (Å²) in [6.45, 7) is 0.00525. The highest BCUT2D eigenvalue weighted by atomic mass is 32.2. The molecule has 3 aromatic carbocycles. The Labute approximate surface area is 206 Å². The number of sulfone groups is 1. The largest absolute Gasteiger partial charge is 0.308 e. The van der Waals surface area contributed by atoms with E-state index in [0.29, 0.717) is 23.3 Å². The Morgan fingerprint density at radius 3 is 2.25 bits per heavy atom. The molecule has 3 aromatic rings. The minimum atomic E-state index is -4.75. The van der Waals surface area contributed by atoms with E-state index < -0.39 is 54.5 Å². The van der Waals surface area contributed by atoms with Crippen molar-refractivity contribution in [2.24, 2.45) is 0 Å². The van der Waals surface area contributed by atoms with Crippen molar-refractivity contribution in [2.75, 3.05) is 17.7 Å². The molecule has 12 heteroatoms. The Balaban J connectivity index is 1.69. The highest BCUT2D eigenvalue weighted by Gasteiger charge is 2.48. The van der Waals surface area contributed by atoms with Crippen LogP contribution >= 0.6 is 0 Å². The molecule has 4 rings (SSSR count). The molecule has 1 amide bonds. The zero-order chi connectivity index (χ0) is 26.3. The fourth-order valence-electron chi connectivity index (χ4n) is 4.00. The summed E-state index contributed by atoms with van der Waals surface area (Å²) in [5.41, 5.74) is 1.07. The number of nitrogens with one attached hydrogen (secondary N) is 1. The maximum atomic E-state index is 15.8. The Hall–Kier alpha value is -3.22. The quantitative estimate of drug-likeness (QED) is 0.481. The average molecular weight is 539 g/mol. The molecule has 1 aliphatic rings. The lowest BCUT2D eigenvalue weighted by atomic mass is 10.0. The number of hydrogen-bond donors (Lipinski definition) is 1. The lowest BCUT2D eigenvalue weighted by Crippen LogP contribution is -2.60. The molecular formula is C24H21F3N2O5S2. The molecule has 0 bridgehead atoms. The minimum absolute atomic E-state index is 0.00525. The minimum Gasteiger partial charge on any atom is -0.308 e. The summed E-state index contributed by atoms with van der Waals surface area (Å²) in [5, 5.41) is 0. The van der Waals surface area contributed by atoms with E-state index >= 15 is 4.39 Å². The number of amides is 1. The molecule has 0 aliphatic carbocycles. The van der Waals surface area contributed by atoms with Crippen LogP contribution in [0.4, 0.5) is 18.9 Å². The van der Waals surface area contributed by atoms with Gasteiger partial charge in [-0.15, -0.1) is 0 Å². The summed E-state index contributed by atoms with van der Waals surface area (Å²) in [5.74, 6) is -7.09. The number of carbonyl (C=O) groups excluding carboxylic acids is 1. The number of nitrogens with zero attached hydrogens (tertiary/aromatic N) is 1. The topological polar surface area (TPSA) is 101 Å². The third kappa shape index (κ3) is 5.01. The van der Waals surface area contributed by atoms with Gasteiger partial charge in [0.2, 0.25) is 10.0 Å². The molecule has 7 nitrogen and oxygen atoms in total. The Morgan fingerprint density at radius 2 is 1.61 bits per heavy atom. The van der Waals surface area contributed by atoms with Crippen LogP contribution in [-0.4, -0.2) is 41.3 Å². The molecule has 190 valence electrons. The third-order valence-electron chi connectivity index (χ3n) is 5.75. The smallest absolute Gasteiger partial charge is 0.280 e. The van der Waals surface area contributed by atoms with Crippen molar-refractivity contribution in [3.05, 3.63) is 78.4 Å². The summed E-state index contributed by atoms with van der Waals surface area (Å²) in [6, 6.07) is 14.6. The van der Waals surface area contributed by atoms with Gasteiger partial charge in [-0.3, -0.25) is 4.79 Å². The van der Waals surface area contributed by atoms with E-state index in [-0.39, 0.29) is 23.5 Å². The fourth-order valence-corrected chi connectivity index (χ4v) is 6.16. The van der Waals surface area contributed by atoms with Crippen molar-refractivity contribution in [1.29, 1.82) is 0 Å². The van der Waals surface area contributed by atoms with Crippen LogP contribution in [0.2, 0.25) is 0 Å². The van der Waals surface area contributed by atoms with Gasteiger partial charge >= 0.3 is 0 Å². The standard InChI is InChI=1S/C24H21F3N2O5S2/c1-35(31,32)22-14-17(8-10-19(22)16-6-3-2-4-7-16)29-13-5-12-24(27,23(29)30)28-36(33,34)18-9-11-20(25)21(26)15-18/h2-4,6-11,14-15,28H,5,12-13H2,1H3. The summed E-state index contributed by atoms with van der Waals surface area (Å²) in [6.07, 6.45) is 0.537. The SMILES string of the molecule is CS(=O)(=O)c1cc(N2CCCC(F)(NS(=O)(=O)c3ccc(F)c(F)c3)C2=O)ccc1-c1ccccc1. The van der Waals surface area contributed by atoms with Gasteiger partial charge in [-0.2, -0.15) is 4.72 Å². The number of hydrogen-bond acceptors (Lipinski definition) is 5. The number of halogens is 3. The predicted molar refractivity (Wildman–Crippen MR) is 127 cm³/mol. The van der Waals surface area contributed by atoms with Crippen LogP contribution < -0.4 is 9.62 Å². The van der Waals surface area contributed by atoms with Crippen LogP contribution in [0.3, 0.4) is 0 Å². The van der Waals surface area contributed by atoms with Gasteiger partial charge in [0.05, 0.1) is 9.79 Å². The first kappa shape index (κ1) is 25.9. The first-order chi connectivity index (χ1) is 16.8. The summed E-state index contributed by atoms with van der Waals surface area (Å²) >= 11 is 0. The first-order valence-corrected chi connectivity index (χ1v) is 14.1. The van der Waals surface area contributed by atoms with Crippen LogP contribution in [0.5, 0.6) is 0 Å². The zero-order valence-electron chi connectivity index (χ0n) is 18.9. The van der Waals surface area contributed by atoms with Gasteiger partial charge in [0.1, 0.15) is 0 Å². The number of carbonyl (C=O) groups is 1. The molecule has 1 N–H and O–H groups in total. The van der Waals surface area contributed by atoms with Gasteiger partial charge in [-0.1, -0.05) is 36.4 Å². The third-order valence-corrected chi connectivity index (χ3v) is 8.35. The molecule has 1 atom stereocenters. The zero-order valence-corrected chi connectivity index (χ0v) is 20.5. The van der Waals surface area contributed by atoms with Crippen molar-refractivity contribution < 1.29 is 34.8 Å². The molecule has 0 spiro atoms. The fraction of sp³-hybridized carbons (Fsp3) is 0.208. The van der Waals surface area contributed by atoms with E-state index in [0.717, 1.165) is 17.2 Å². The van der Waals surface area contributed by atoms with Crippen molar-refractivity contribution in [2.45, 2.75) is 28.4 Å². The van der Waals surface area contributed by atoms with Crippen molar-refractivity contribution in [1.82, 2.24) is 4.72 Å². The molecule has 36 heavy (non-hydrogen) atoms. The highest BCUT2D eigenvalue weighted by Crippen LogP contribution is 2.35. The van der Waals surface area contributed by atoms with Crippen LogP contribution in [0, 0.1) is 11.6 Å². The van der Waals surface area contributed by atoms with E-state index in [2.05, 4.69) is 0 Å². The normalized spacial score (nSPS) is 18.9. The number of rotatable bonds is 6. The molecule has 1 aliphatic heterocycles. The second kappa shape index (κ2) is 9.34. The molecule has 0 aromatic heterocycles. The van der Waals surface area contributed by atoms with Crippen LogP contribution in [-0.2, 0) is 24.7 Å². The number of piperidine rings is 1. The molecule has 1 saturated heterocycles. The van der Waals surface area contributed by atoms with Gasteiger partial charge < -0.3 is 4.90 Å². The summed E-state index contributed by atoms with van der Waals surface area (Å²) < 4.78 is 94.6. The number of alkyl halides is 1. The molecule has 1 heterocycles. The van der Waals surface area contributed by atoms with Crippen LogP contribution in [0.15, 0.2) is 76.5 Å². The maximum absolute atomic E-state index is 15.8. The van der Waals surface area contributed by atoms with E-state index in [1.54, 1.807) is 35.1 Å². The maximum Gasteiger partial charge on any atom is 0.280 e. The van der Waals surface area contributed by atoms with Gasteiger partial charge in [0.25, 0.3) is 11.7 Å². The Morgan fingerprint density at radius 1 is 0.917 bits per heavy atom. The van der Waals surface area contributed by atoms with Crippen molar-refractivity contribution in [3.63, 3.8) is 0 Å². The molecular weight excluding hydrogens is 517 g/mol. The Bertz CT molecular complexity index is 1550. The number of benzene rings is 3. The molecule has 0 saturated carbocycles. The van der Waals surface area contributed by atoms with Crippen LogP contribution in [0.1, 0.15) is 12.8 Å². The second-order valence-electron chi connectivity index (χ2n) is 8.36. The van der Waals surface area contributed by atoms with E-state index in [1.807, 2.05) is 0 Å². The monoisotopic (exact) mass is 538 g/mol. The lowest BCUT2D eigenvalue weighted by Gasteiger charge is -2.36. The number of anilines is 1. The van der Waals surface area contributed by atoms with Crippen LogP contribution in [0.25, 0.3) is 11.1 Å². The summed E-state index contributed by atoms with van der Waals surface area (Å²) in [7, 11) is -8.52. The Kier molecular flexibility index (Phi) is 6.71. The van der Waals surface area contributed by atoms with Crippen molar-refractivity contribution >= 4 is 31.5 Å². The lowest BCUT2D eigenvalue weighted by molar-refractivity contribution is -0.133. The second-order valence-corrected chi connectivity index (χ2v) is 12.0. The van der Waals surface area contributed by atoms with Crippen molar-refractivity contribution in [3.8, 4) is 11.1 Å². The van der Waals surface area contributed by atoms with Gasteiger partial charge in [-0.05, 0) is 42.3 Å². The van der Waals surface area contributed by atoms with Gasteiger partial charge in [-0.25, -0.2) is 30.0 Å². The molecule has 0 radical (unpaired) electrons. The highest BCUT2D eigenvalue weighted by molar-refractivity contribution is 7.91. The predicted octanol–water partition coefficient (Wildman–Crippen LogP) is 3.81. The average Bonchev–Trinajstić information content (AvgIpc) is 2.82. The molecule has 1 fully saturated rings. The number of sulfonamides is 1.